The first-order valence-corrected chi connectivity index (χ1v) is 9.69. The van der Waals surface area contributed by atoms with E-state index in [0.29, 0.717) is 26.2 Å². The number of carbonyl (C=O) groups excluding carboxylic acids is 1. The zero-order chi connectivity index (χ0) is 19.5. The number of nitrogens with zero attached hydrogens (tertiary/aromatic N) is 2. The minimum Gasteiger partial charge on any atom is -0.497 e. The van der Waals surface area contributed by atoms with E-state index in [1.807, 2.05) is 43.0 Å². The van der Waals surface area contributed by atoms with E-state index in [0.717, 1.165) is 43.3 Å². The predicted molar refractivity (Wildman–Crippen MR) is 107 cm³/mol. The second-order valence-corrected chi connectivity index (χ2v) is 6.49. The Labute approximate surface area is 162 Å². The van der Waals surface area contributed by atoms with Crippen LogP contribution in [0.2, 0.25) is 0 Å². The van der Waals surface area contributed by atoms with Crippen LogP contribution in [0.4, 0.5) is 0 Å². The maximum absolute atomic E-state index is 11.8. The van der Waals surface area contributed by atoms with Gasteiger partial charge in [-0.2, -0.15) is 0 Å². The first-order chi connectivity index (χ1) is 13.2. The molecule has 27 heavy (non-hydrogen) atoms. The average Bonchev–Trinajstić information content (AvgIpc) is 3.16. The standard InChI is InChI=1S/C20H32N4O3/c1-4-19(25)24-11-9-17(14-24)23-20(21-5-2)22-10-12-27-15-16-7-6-8-18(13-16)26-3/h6-8,13,17H,4-5,9-12,14-15H2,1-3H3,(H2,21,22,23). The van der Waals surface area contributed by atoms with Gasteiger partial charge in [0.05, 0.1) is 26.9 Å². The average molecular weight is 377 g/mol. The van der Waals surface area contributed by atoms with Crippen LogP contribution in [0.3, 0.4) is 0 Å². The van der Waals surface area contributed by atoms with Gasteiger partial charge in [-0.1, -0.05) is 19.1 Å². The van der Waals surface area contributed by atoms with Crippen molar-refractivity contribution in [2.24, 2.45) is 4.99 Å². The molecule has 0 bridgehead atoms. The molecule has 2 rings (SSSR count). The highest BCUT2D eigenvalue weighted by Gasteiger charge is 2.25. The lowest BCUT2D eigenvalue weighted by Crippen LogP contribution is -2.45. The summed E-state index contributed by atoms with van der Waals surface area (Å²) in [6.07, 6.45) is 1.51. The lowest BCUT2D eigenvalue weighted by molar-refractivity contribution is -0.129. The molecule has 0 aliphatic carbocycles. The number of carbonyl (C=O) groups is 1. The first-order valence-electron chi connectivity index (χ1n) is 9.69. The van der Waals surface area contributed by atoms with Crippen molar-refractivity contribution in [3.05, 3.63) is 29.8 Å². The number of benzene rings is 1. The fourth-order valence-corrected chi connectivity index (χ4v) is 3.02. The number of ether oxygens (including phenoxy) is 2. The van der Waals surface area contributed by atoms with Crippen molar-refractivity contribution in [2.75, 3.05) is 39.9 Å². The highest BCUT2D eigenvalue weighted by Crippen LogP contribution is 2.13. The molecule has 7 nitrogen and oxygen atoms in total. The van der Waals surface area contributed by atoms with E-state index < -0.39 is 0 Å². The van der Waals surface area contributed by atoms with Crippen molar-refractivity contribution in [3.63, 3.8) is 0 Å². The van der Waals surface area contributed by atoms with Crippen molar-refractivity contribution in [1.82, 2.24) is 15.5 Å². The third-order valence-corrected chi connectivity index (χ3v) is 4.44. The predicted octanol–water partition coefficient (Wildman–Crippen LogP) is 1.78. The van der Waals surface area contributed by atoms with Crippen molar-refractivity contribution in [3.8, 4) is 5.75 Å². The van der Waals surface area contributed by atoms with Gasteiger partial charge in [-0.3, -0.25) is 9.79 Å². The summed E-state index contributed by atoms with van der Waals surface area (Å²) >= 11 is 0. The van der Waals surface area contributed by atoms with Gasteiger partial charge in [-0.05, 0) is 31.0 Å². The van der Waals surface area contributed by atoms with Gasteiger partial charge in [0.1, 0.15) is 5.75 Å². The van der Waals surface area contributed by atoms with Gasteiger partial charge >= 0.3 is 0 Å². The second-order valence-electron chi connectivity index (χ2n) is 6.49. The molecule has 2 N–H and O–H groups in total. The molecule has 1 amide bonds. The smallest absolute Gasteiger partial charge is 0.222 e. The molecule has 0 aromatic heterocycles. The molecule has 1 fully saturated rings. The Bertz CT molecular complexity index is 621. The molecule has 1 heterocycles. The Hall–Kier alpha value is -2.28. The summed E-state index contributed by atoms with van der Waals surface area (Å²) in [5.41, 5.74) is 1.08. The number of hydrogen-bond acceptors (Lipinski definition) is 4. The third-order valence-electron chi connectivity index (χ3n) is 4.44. The van der Waals surface area contributed by atoms with Crippen LogP contribution in [-0.4, -0.2) is 62.7 Å². The molecule has 1 aliphatic heterocycles. The molecule has 1 aromatic carbocycles. The summed E-state index contributed by atoms with van der Waals surface area (Å²) in [6, 6.07) is 8.10. The Morgan fingerprint density at radius 1 is 1.37 bits per heavy atom. The van der Waals surface area contributed by atoms with E-state index in [1.54, 1.807) is 7.11 Å². The topological polar surface area (TPSA) is 75.2 Å². The summed E-state index contributed by atoms with van der Waals surface area (Å²) in [5, 5.41) is 6.68. The summed E-state index contributed by atoms with van der Waals surface area (Å²) in [6.45, 7) is 7.94. The summed E-state index contributed by atoms with van der Waals surface area (Å²) < 4.78 is 10.9. The fourth-order valence-electron chi connectivity index (χ4n) is 3.02. The Morgan fingerprint density at radius 2 is 2.22 bits per heavy atom. The van der Waals surface area contributed by atoms with Crippen molar-refractivity contribution < 1.29 is 14.3 Å². The highest BCUT2D eigenvalue weighted by molar-refractivity contribution is 5.80. The van der Waals surface area contributed by atoms with Crippen LogP contribution in [0.1, 0.15) is 32.3 Å². The van der Waals surface area contributed by atoms with Crippen LogP contribution in [0.25, 0.3) is 0 Å². The number of hydrogen-bond donors (Lipinski definition) is 2. The Balaban J connectivity index is 1.74. The van der Waals surface area contributed by atoms with Gasteiger partial charge in [0.25, 0.3) is 0 Å². The summed E-state index contributed by atoms with van der Waals surface area (Å²) in [4.78, 5) is 18.3. The number of likely N-dealkylation sites (tertiary alicyclic amines) is 1. The van der Waals surface area contributed by atoms with Crippen LogP contribution in [0, 0.1) is 0 Å². The number of amides is 1. The molecule has 1 unspecified atom stereocenters. The lowest BCUT2D eigenvalue weighted by Gasteiger charge is -2.18. The zero-order valence-electron chi connectivity index (χ0n) is 16.7. The van der Waals surface area contributed by atoms with Crippen LogP contribution < -0.4 is 15.4 Å². The number of aliphatic imine (C=N–C) groups is 1. The molecule has 0 spiro atoms. The minimum atomic E-state index is 0.215. The van der Waals surface area contributed by atoms with Crippen molar-refractivity contribution in [2.45, 2.75) is 39.3 Å². The fraction of sp³-hybridized carbons (Fsp3) is 0.600. The number of rotatable bonds is 9. The molecule has 7 heteroatoms. The van der Waals surface area contributed by atoms with Crippen LogP contribution in [-0.2, 0) is 16.1 Å². The summed E-state index contributed by atoms with van der Waals surface area (Å²) in [5.74, 6) is 1.82. The molecule has 1 atom stereocenters. The quantitative estimate of drug-likeness (QED) is 0.390. The molecule has 1 aliphatic rings. The SMILES string of the molecule is CCNC(=NCCOCc1cccc(OC)c1)NC1CCN(C(=O)CC)C1. The van der Waals surface area contributed by atoms with Crippen molar-refractivity contribution in [1.29, 1.82) is 0 Å². The van der Waals surface area contributed by atoms with E-state index in [1.165, 1.54) is 0 Å². The molecule has 0 saturated carbocycles. The zero-order valence-corrected chi connectivity index (χ0v) is 16.7. The normalized spacial score (nSPS) is 17.1. The van der Waals surface area contributed by atoms with Crippen molar-refractivity contribution >= 4 is 11.9 Å². The lowest BCUT2D eigenvalue weighted by atomic mass is 10.2. The number of methoxy groups -OCH3 is 1. The van der Waals surface area contributed by atoms with Gasteiger partial charge in [0.2, 0.25) is 5.91 Å². The van der Waals surface area contributed by atoms with Crippen LogP contribution >= 0.6 is 0 Å². The third kappa shape index (κ3) is 7.09. The monoisotopic (exact) mass is 376 g/mol. The van der Waals surface area contributed by atoms with Gasteiger partial charge in [-0.15, -0.1) is 0 Å². The summed E-state index contributed by atoms with van der Waals surface area (Å²) in [7, 11) is 1.66. The second kappa shape index (κ2) is 11.4. The van der Waals surface area contributed by atoms with Gasteiger partial charge in [0.15, 0.2) is 5.96 Å². The molecule has 150 valence electrons. The van der Waals surface area contributed by atoms with E-state index >= 15 is 0 Å². The first kappa shape index (κ1) is 21.0. The Morgan fingerprint density at radius 3 is 2.96 bits per heavy atom. The molecule has 1 saturated heterocycles. The van der Waals surface area contributed by atoms with Crippen LogP contribution in [0.5, 0.6) is 5.75 Å². The largest absolute Gasteiger partial charge is 0.497 e. The maximum Gasteiger partial charge on any atom is 0.222 e. The molecular formula is C20H32N4O3. The molecular weight excluding hydrogens is 344 g/mol. The van der Waals surface area contributed by atoms with Crippen LogP contribution in [0.15, 0.2) is 29.3 Å². The molecule has 0 radical (unpaired) electrons. The minimum absolute atomic E-state index is 0.215. The van der Waals surface area contributed by atoms with E-state index in [4.69, 9.17) is 9.47 Å². The Kier molecular flexibility index (Phi) is 8.91. The number of guanidine groups is 1. The van der Waals surface area contributed by atoms with Gasteiger partial charge < -0.3 is 25.0 Å². The van der Waals surface area contributed by atoms with E-state index in [-0.39, 0.29) is 11.9 Å². The number of nitrogens with one attached hydrogen (secondary N) is 2. The van der Waals surface area contributed by atoms with E-state index in [2.05, 4.69) is 15.6 Å². The molecule has 1 aromatic rings. The van der Waals surface area contributed by atoms with Gasteiger partial charge in [-0.25, -0.2) is 0 Å². The van der Waals surface area contributed by atoms with E-state index in [9.17, 15) is 4.79 Å². The van der Waals surface area contributed by atoms with Gasteiger partial charge in [0, 0.05) is 32.1 Å². The highest BCUT2D eigenvalue weighted by atomic mass is 16.5. The maximum atomic E-state index is 11.8.